The van der Waals surface area contributed by atoms with Gasteiger partial charge in [0.1, 0.15) is 6.61 Å². The van der Waals surface area contributed by atoms with Gasteiger partial charge in [-0.1, -0.05) is 12.1 Å². The zero-order valence-electron chi connectivity index (χ0n) is 10.4. The van der Waals surface area contributed by atoms with E-state index in [1.165, 1.54) is 12.8 Å². The van der Waals surface area contributed by atoms with Crippen molar-refractivity contribution in [3.8, 4) is 11.5 Å². The number of para-hydroxylation sites is 2. The first-order chi connectivity index (χ1) is 8.74. The van der Waals surface area contributed by atoms with Crippen molar-refractivity contribution in [1.82, 2.24) is 5.32 Å². The van der Waals surface area contributed by atoms with Crippen LogP contribution in [0.2, 0.25) is 0 Å². The standard InChI is InChI=1S/C14H17NO3/c1-9(10-6-7-10)15-14(16)13-8-17-11-4-2-3-5-12(11)18-13/h2-5,9-10,13H,6-8H2,1H3,(H,15,16). The predicted molar refractivity (Wildman–Crippen MR) is 66.7 cm³/mol. The summed E-state index contributed by atoms with van der Waals surface area (Å²) in [6.07, 6.45) is 1.89. The molecule has 2 unspecified atom stereocenters. The minimum Gasteiger partial charge on any atom is -0.485 e. The fourth-order valence-electron chi connectivity index (χ4n) is 2.18. The maximum atomic E-state index is 12.0. The summed E-state index contributed by atoms with van der Waals surface area (Å²) in [6, 6.07) is 7.65. The molecule has 0 radical (unpaired) electrons. The molecule has 0 aromatic heterocycles. The van der Waals surface area contributed by atoms with Gasteiger partial charge in [-0.15, -0.1) is 0 Å². The van der Waals surface area contributed by atoms with E-state index in [0.29, 0.717) is 17.4 Å². The van der Waals surface area contributed by atoms with Crippen LogP contribution in [0.1, 0.15) is 19.8 Å². The van der Waals surface area contributed by atoms with Gasteiger partial charge in [-0.2, -0.15) is 0 Å². The van der Waals surface area contributed by atoms with Gasteiger partial charge in [-0.05, 0) is 37.8 Å². The van der Waals surface area contributed by atoms with Gasteiger partial charge in [-0.3, -0.25) is 4.79 Å². The molecule has 1 heterocycles. The van der Waals surface area contributed by atoms with Crippen LogP contribution >= 0.6 is 0 Å². The van der Waals surface area contributed by atoms with E-state index in [4.69, 9.17) is 9.47 Å². The van der Waals surface area contributed by atoms with Crippen molar-refractivity contribution >= 4 is 5.91 Å². The Morgan fingerprint density at radius 2 is 2.06 bits per heavy atom. The molecule has 1 fully saturated rings. The van der Waals surface area contributed by atoms with Gasteiger partial charge in [0.05, 0.1) is 0 Å². The summed E-state index contributed by atoms with van der Waals surface area (Å²) in [4.78, 5) is 12.0. The van der Waals surface area contributed by atoms with Gasteiger partial charge in [0.25, 0.3) is 5.91 Å². The van der Waals surface area contributed by atoms with E-state index >= 15 is 0 Å². The lowest BCUT2D eigenvalue weighted by Gasteiger charge is -2.26. The van der Waals surface area contributed by atoms with Gasteiger partial charge < -0.3 is 14.8 Å². The molecule has 1 amide bonds. The number of hydrogen-bond acceptors (Lipinski definition) is 3. The lowest BCUT2D eigenvalue weighted by atomic mass is 10.2. The van der Waals surface area contributed by atoms with E-state index in [1.54, 1.807) is 0 Å². The second kappa shape index (κ2) is 4.52. The number of ether oxygens (including phenoxy) is 2. The third-order valence-electron chi connectivity index (χ3n) is 3.50. The Labute approximate surface area is 106 Å². The van der Waals surface area contributed by atoms with Crippen molar-refractivity contribution in [1.29, 1.82) is 0 Å². The van der Waals surface area contributed by atoms with Gasteiger partial charge in [-0.25, -0.2) is 0 Å². The minimum atomic E-state index is -0.541. The Kier molecular flexibility index (Phi) is 2.86. The zero-order chi connectivity index (χ0) is 12.5. The van der Waals surface area contributed by atoms with Gasteiger partial charge in [0.15, 0.2) is 11.5 Å². The van der Waals surface area contributed by atoms with Gasteiger partial charge in [0, 0.05) is 6.04 Å². The molecule has 3 rings (SSSR count). The lowest BCUT2D eigenvalue weighted by molar-refractivity contribution is -0.131. The molecule has 1 saturated carbocycles. The third-order valence-corrected chi connectivity index (χ3v) is 3.50. The van der Waals surface area contributed by atoms with Gasteiger partial charge in [0.2, 0.25) is 6.10 Å². The molecule has 1 aliphatic carbocycles. The normalized spacial score (nSPS) is 23.3. The molecule has 18 heavy (non-hydrogen) atoms. The summed E-state index contributed by atoms with van der Waals surface area (Å²) in [5.41, 5.74) is 0. The number of hydrogen-bond donors (Lipinski definition) is 1. The second-order valence-corrected chi connectivity index (χ2v) is 5.00. The summed E-state index contributed by atoms with van der Waals surface area (Å²) in [5.74, 6) is 1.91. The van der Waals surface area contributed by atoms with Crippen molar-refractivity contribution in [2.45, 2.75) is 31.9 Å². The molecule has 4 heteroatoms. The highest BCUT2D eigenvalue weighted by Crippen LogP contribution is 2.33. The van der Waals surface area contributed by atoms with Crippen LogP contribution in [0.3, 0.4) is 0 Å². The second-order valence-electron chi connectivity index (χ2n) is 5.00. The number of rotatable bonds is 3. The number of fused-ring (bicyclic) bond motifs is 1. The van der Waals surface area contributed by atoms with E-state index in [1.807, 2.05) is 31.2 Å². The summed E-state index contributed by atoms with van der Waals surface area (Å²) >= 11 is 0. The average Bonchev–Trinajstić information content (AvgIpc) is 3.22. The Bertz CT molecular complexity index is 456. The molecule has 2 aliphatic rings. The maximum Gasteiger partial charge on any atom is 0.264 e. The van der Waals surface area contributed by atoms with E-state index < -0.39 is 6.10 Å². The van der Waals surface area contributed by atoms with Crippen LogP contribution < -0.4 is 14.8 Å². The molecule has 1 aliphatic heterocycles. The van der Waals surface area contributed by atoms with Crippen LogP contribution in [-0.2, 0) is 4.79 Å². The first kappa shape index (κ1) is 11.4. The first-order valence-corrected chi connectivity index (χ1v) is 6.43. The SMILES string of the molecule is CC(NC(=O)C1COc2ccccc2O1)C1CC1. The monoisotopic (exact) mass is 247 g/mol. The van der Waals surface area contributed by atoms with Crippen LogP contribution in [0.4, 0.5) is 0 Å². The molecule has 1 aromatic rings. The molecule has 2 atom stereocenters. The van der Waals surface area contributed by atoms with Gasteiger partial charge >= 0.3 is 0 Å². The first-order valence-electron chi connectivity index (χ1n) is 6.43. The highest BCUT2D eigenvalue weighted by molar-refractivity contribution is 5.82. The molecule has 1 N–H and O–H groups in total. The summed E-state index contributed by atoms with van der Waals surface area (Å²) in [6.45, 7) is 2.33. The van der Waals surface area contributed by atoms with Crippen LogP contribution in [0.5, 0.6) is 11.5 Å². The Morgan fingerprint density at radius 3 is 2.78 bits per heavy atom. The van der Waals surface area contributed by atoms with Crippen molar-refractivity contribution in [3.63, 3.8) is 0 Å². The van der Waals surface area contributed by atoms with E-state index in [-0.39, 0.29) is 18.6 Å². The average molecular weight is 247 g/mol. The highest BCUT2D eigenvalue weighted by atomic mass is 16.6. The highest BCUT2D eigenvalue weighted by Gasteiger charge is 2.33. The molecule has 0 saturated heterocycles. The molecular formula is C14H17NO3. The maximum absolute atomic E-state index is 12.0. The number of carbonyl (C=O) groups excluding carboxylic acids is 1. The van der Waals surface area contributed by atoms with Crippen LogP contribution in [0.15, 0.2) is 24.3 Å². The van der Waals surface area contributed by atoms with E-state index in [0.717, 1.165) is 0 Å². The Morgan fingerprint density at radius 1 is 1.33 bits per heavy atom. The Balaban J connectivity index is 1.62. The third kappa shape index (κ3) is 2.28. The predicted octanol–water partition coefficient (Wildman–Crippen LogP) is 1.74. The fraction of sp³-hybridized carbons (Fsp3) is 0.500. The summed E-state index contributed by atoms with van der Waals surface area (Å²) < 4.78 is 11.2. The zero-order valence-corrected chi connectivity index (χ0v) is 10.4. The van der Waals surface area contributed by atoms with Crippen molar-refractivity contribution in [3.05, 3.63) is 24.3 Å². The largest absolute Gasteiger partial charge is 0.485 e. The quantitative estimate of drug-likeness (QED) is 0.885. The lowest BCUT2D eigenvalue weighted by Crippen LogP contribution is -2.47. The van der Waals surface area contributed by atoms with Crippen molar-refractivity contribution in [2.24, 2.45) is 5.92 Å². The minimum absolute atomic E-state index is 0.0797. The number of amides is 1. The number of carbonyl (C=O) groups is 1. The molecule has 1 aromatic carbocycles. The summed E-state index contributed by atoms with van der Waals surface area (Å²) in [5, 5.41) is 3.00. The molecule has 0 bridgehead atoms. The Hall–Kier alpha value is -1.71. The molecular weight excluding hydrogens is 230 g/mol. The molecule has 0 spiro atoms. The van der Waals surface area contributed by atoms with Crippen LogP contribution in [-0.4, -0.2) is 24.7 Å². The van der Waals surface area contributed by atoms with Crippen LogP contribution in [0, 0.1) is 5.92 Å². The molecule has 4 nitrogen and oxygen atoms in total. The fourth-order valence-corrected chi connectivity index (χ4v) is 2.18. The number of nitrogens with one attached hydrogen (secondary N) is 1. The molecule has 96 valence electrons. The van der Waals surface area contributed by atoms with Crippen molar-refractivity contribution < 1.29 is 14.3 Å². The van der Waals surface area contributed by atoms with E-state index in [2.05, 4.69) is 5.32 Å². The number of benzene rings is 1. The topological polar surface area (TPSA) is 47.6 Å². The smallest absolute Gasteiger partial charge is 0.264 e. The van der Waals surface area contributed by atoms with Crippen LogP contribution in [0.25, 0.3) is 0 Å². The van der Waals surface area contributed by atoms with E-state index in [9.17, 15) is 4.79 Å². The van der Waals surface area contributed by atoms with Crippen molar-refractivity contribution in [2.75, 3.05) is 6.61 Å². The summed E-state index contributed by atoms with van der Waals surface area (Å²) in [7, 11) is 0.